The van der Waals surface area contributed by atoms with Crippen molar-refractivity contribution < 1.29 is 4.79 Å². The van der Waals surface area contributed by atoms with Gasteiger partial charge in [-0.05, 0) is 41.0 Å². The molecule has 0 heterocycles. The lowest BCUT2D eigenvalue weighted by atomic mass is 10.0. The average Bonchev–Trinajstić information content (AvgIpc) is 2.53. The molecule has 0 fully saturated rings. The van der Waals surface area contributed by atoms with E-state index >= 15 is 0 Å². The molecule has 0 aliphatic heterocycles. The first-order valence-corrected chi connectivity index (χ1v) is 7.30. The Kier molecular flexibility index (Phi) is 5.07. The molecule has 2 rings (SSSR count). The van der Waals surface area contributed by atoms with Crippen molar-refractivity contribution in [1.29, 1.82) is 0 Å². The minimum Gasteiger partial charge on any atom is -0.289 e. The smallest absolute Gasteiger partial charge is 0.185 e. The lowest BCUT2D eigenvalue weighted by Gasteiger charge is -2.03. The van der Waals surface area contributed by atoms with Gasteiger partial charge in [0.05, 0.1) is 0 Å². The Balaban J connectivity index is 2.22. The van der Waals surface area contributed by atoms with E-state index in [4.69, 9.17) is 0 Å². The third kappa shape index (κ3) is 3.89. The van der Waals surface area contributed by atoms with Gasteiger partial charge >= 0.3 is 0 Å². The quantitative estimate of drug-likeness (QED) is 0.510. The molecule has 2 aromatic rings. The van der Waals surface area contributed by atoms with Crippen LogP contribution in [0.25, 0.3) is 18.2 Å². The molecule has 0 aliphatic carbocycles. The monoisotopic (exact) mass is 338 g/mol. The SMILES string of the molecule is C=Cc1ccc(C(=O)/C=C/c2ccc(Br)cc2)cc1C=C. The lowest BCUT2D eigenvalue weighted by molar-refractivity contribution is 0.104. The summed E-state index contributed by atoms with van der Waals surface area (Å²) in [6.45, 7) is 7.51. The summed E-state index contributed by atoms with van der Waals surface area (Å²) < 4.78 is 1.02. The number of rotatable bonds is 5. The fourth-order valence-electron chi connectivity index (χ4n) is 1.93. The van der Waals surface area contributed by atoms with Gasteiger partial charge in [-0.2, -0.15) is 0 Å². The maximum atomic E-state index is 12.2. The van der Waals surface area contributed by atoms with Crippen LogP contribution in [0.4, 0.5) is 0 Å². The number of hydrogen-bond donors (Lipinski definition) is 0. The van der Waals surface area contributed by atoms with Crippen molar-refractivity contribution in [3.05, 3.63) is 88.4 Å². The van der Waals surface area contributed by atoms with Crippen molar-refractivity contribution in [3.8, 4) is 0 Å². The van der Waals surface area contributed by atoms with E-state index in [0.29, 0.717) is 5.56 Å². The number of carbonyl (C=O) groups is 1. The van der Waals surface area contributed by atoms with Gasteiger partial charge in [0.2, 0.25) is 0 Å². The topological polar surface area (TPSA) is 17.1 Å². The van der Waals surface area contributed by atoms with Gasteiger partial charge in [0, 0.05) is 10.0 Å². The van der Waals surface area contributed by atoms with E-state index < -0.39 is 0 Å². The van der Waals surface area contributed by atoms with Gasteiger partial charge < -0.3 is 0 Å². The second-order valence-electron chi connectivity index (χ2n) is 4.50. The summed E-state index contributed by atoms with van der Waals surface area (Å²) in [5.41, 5.74) is 3.51. The Bertz CT molecular complexity index is 709. The summed E-state index contributed by atoms with van der Waals surface area (Å²) in [5, 5.41) is 0. The highest BCUT2D eigenvalue weighted by atomic mass is 79.9. The van der Waals surface area contributed by atoms with E-state index in [1.165, 1.54) is 0 Å². The van der Waals surface area contributed by atoms with E-state index in [1.807, 2.05) is 42.5 Å². The van der Waals surface area contributed by atoms with Crippen LogP contribution in [0.3, 0.4) is 0 Å². The maximum absolute atomic E-state index is 12.2. The molecule has 0 unspecified atom stereocenters. The molecule has 0 saturated carbocycles. The Hall–Kier alpha value is -2.19. The van der Waals surface area contributed by atoms with Crippen LogP contribution in [0.5, 0.6) is 0 Å². The van der Waals surface area contributed by atoms with Gasteiger partial charge in [-0.1, -0.05) is 71.6 Å². The number of carbonyl (C=O) groups excluding carboxylic acids is 1. The van der Waals surface area contributed by atoms with Crippen molar-refractivity contribution in [3.63, 3.8) is 0 Å². The molecule has 21 heavy (non-hydrogen) atoms. The Morgan fingerprint density at radius 1 is 0.952 bits per heavy atom. The van der Waals surface area contributed by atoms with Crippen LogP contribution in [0.2, 0.25) is 0 Å². The normalized spacial score (nSPS) is 10.5. The molecule has 0 spiro atoms. The average molecular weight is 339 g/mol. The Morgan fingerprint density at radius 3 is 2.24 bits per heavy atom. The first-order chi connectivity index (χ1) is 10.1. The van der Waals surface area contributed by atoms with E-state index in [9.17, 15) is 4.79 Å². The summed E-state index contributed by atoms with van der Waals surface area (Å²) >= 11 is 3.38. The lowest BCUT2D eigenvalue weighted by Crippen LogP contribution is -1.95. The molecule has 1 nitrogen and oxygen atoms in total. The molecular formula is C19H15BrO. The van der Waals surface area contributed by atoms with E-state index in [2.05, 4.69) is 29.1 Å². The van der Waals surface area contributed by atoms with Crippen molar-refractivity contribution in [2.24, 2.45) is 0 Å². The molecule has 0 N–H and O–H groups in total. The zero-order chi connectivity index (χ0) is 15.2. The van der Waals surface area contributed by atoms with Crippen LogP contribution >= 0.6 is 15.9 Å². The number of ketones is 1. The molecule has 0 radical (unpaired) electrons. The Labute approximate surface area is 133 Å². The zero-order valence-electron chi connectivity index (χ0n) is 11.6. The zero-order valence-corrected chi connectivity index (χ0v) is 13.1. The van der Waals surface area contributed by atoms with Crippen molar-refractivity contribution in [1.82, 2.24) is 0 Å². The van der Waals surface area contributed by atoms with Gasteiger partial charge in [0.25, 0.3) is 0 Å². The molecule has 0 saturated heterocycles. The molecule has 2 heteroatoms. The van der Waals surface area contributed by atoms with Crippen LogP contribution in [0.15, 0.2) is 66.2 Å². The molecule has 2 aromatic carbocycles. The first-order valence-electron chi connectivity index (χ1n) is 6.51. The highest BCUT2D eigenvalue weighted by Crippen LogP contribution is 2.16. The van der Waals surface area contributed by atoms with E-state index in [0.717, 1.165) is 21.2 Å². The third-order valence-electron chi connectivity index (χ3n) is 3.11. The molecule has 0 aliphatic rings. The summed E-state index contributed by atoms with van der Waals surface area (Å²) in [6.07, 6.45) is 6.87. The van der Waals surface area contributed by atoms with E-state index in [-0.39, 0.29) is 5.78 Å². The first kappa shape index (κ1) is 15.2. The van der Waals surface area contributed by atoms with Crippen LogP contribution in [-0.4, -0.2) is 5.78 Å². The summed E-state index contributed by atoms with van der Waals surface area (Å²) in [7, 11) is 0. The number of halogens is 1. The summed E-state index contributed by atoms with van der Waals surface area (Å²) in [5.74, 6) is -0.0309. The van der Waals surface area contributed by atoms with Crippen LogP contribution in [0, 0.1) is 0 Å². The predicted molar refractivity (Wildman–Crippen MR) is 94.1 cm³/mol. The van der Waals surface area contributed by atoms with Crippen LogP contribution in [0.1, 0.15) is 27.0 Å². The largest absolute Gasteiger partial charge is 0.289 e. The van der Waals surface area contributed by atoms with Gasteiger partial charge in [-0.15, -0.1) is 0 Å². The second-order valence-corrected chi connectivity index (χ2v) is 5.42. The maximum Gasteiger partial charge on any atom is 0.185 e. The second kappa shape index (κ2) is 7.00. The third-order valence-corrected chi connectivity index (χ3v) is 3.64. The minimum atomic E-state index is -0.0309. The van der Waals surface area contributed by atoms with Crippen molar-refractivity contribution in [2.45, 2.75) is 0 Å². The fourth-order valence-corrected chi connectivity index (χ4v) is 2.20. The van der Waals surface area contributed by atoms with E-state index in [1.54, 1.807) is 24.3 Å². The highest BCUT2D eigenvalue weighted by molar-refractivity contribution is 9.10. The molecule has 104 valence electrons. The predicted octanol–water partition coefficient (Wildman–Crippen LogP) is 5.63. The van der Waals surface area contributed by atoms with Crippen LogP contribution in [-0.2, 0) is 0 Å². The fraction of sp³-hybridized carbons (Fsp3) is 0. The Morgan fingerprint density at radius 2 is 1.62 bits per heavy atom. The summed E-state index contributed by atoms with van der Waals surface area (Å²) in [4.78, 5) is 12.2. The standard InChI is InChI=1S/C19H15BrO/c1-3-15-8-9-17(13-16(15)4-2)19(21)12-7-14-5-10-18(20)11-6-14/h3-13H,1-2H2/b12-7+. The van der Waals surface area contributed by atoms with Gasteiger partial charge in [-0.3, -0.25) is 4.79 Å². The van der Waals surface area contributed by atoms with Gasteiger partial charge in [0.1, 0.15) is 0 Å². The molecular weight excluding hydrogens is 324 g/mol. The van der Waals surface area contributed by atoms with Crippen molar-refractivity contribution in [2.75, 3.05) is 0 Å². The van der Waals surface area contributed by atoms with Crippen molar-refractivity contribution >= 4 is 39.9 Å². The molecule has 0 atom stereocenters. The van der Waals surface area contributed by atoms with Crippen LogP contribution < -0.4 is 0 Å². The van der Waals surface area contributed by atoms with Gasteiger partial charge in [0.15, 0.2) is 5.78 Å². The van der Waals surface area contributed by atoms with Gasteiger partial charge in [-0.25, -0.2) is 0 Å². The minimum absolute atomic E-state index is 0.0309. The highest BCUT2D eigenvalue weighted by Gasteiger charge is 2.04. The molecule has 0 amide bonds. The molecule has 0 bridgehead atoms. The summed E-state index contributed by atoms with van der Waals surface area (Å²) in [6, 6.07) is 13.3. The molecule has 0 aromatic heterocycles. The number of hydrogen-bond acceptors (Lipinski definition) is 1. The number of allylic oxidation sites excluding steroid dienone is 1. The number of benzene rings is 2.